The molecule has 0 spiro atoms. The molecule has 2 rings (SSSR count). The molecule has 0 bridgehead atoms. The molecule has 86 valence electrons. The van der Waals surface area contributed by atoms with Gasteiger partial charge in [-0.15, -0.1) is 0 Å². The zero-order valence-corrected chi connectivity index (χ0v) is 9.46. The van der Waals surface area contributed by atoms with Crippen molar-refractivity contribution in [3.05, 3.63) is 18.2 Å². The Bertz CT molecular complexity index is 382. The number of aryl methyl sites for hydroxylation is 1. The number of hydrogen-bond donors (Lipinski definition) is 0. The van der Waals surface area contributed by atoms with Gasteiger partial charge in [-0.1, -0.05) is 0 Å². The molecule has 5 nitrogen and oxygen atoms in total. The van der Waals surface area contributed by atoms with Crippen LogP contribution in [0, 0.1) is 11.3 Å². The maximum Gasteiger partial charge on any atom is 0.156 e. The van der Waals surface area contributed by atoms with Crippen molar-refractivity contribution in [3.8, 4) is 6.07 Å². The lowest BCUT2D eigenvalue weighted by molar-refractivity contribution is 0.000834. The summed E-state index contributed by atoms with van der Waals surface area (Å²) in [7, 11) is 2.00. The van der Waals surface area contributed by atoms with Crippen LogP contribution in [0.3, 0.4) is 0 Å². The van der Waals surface area contributed by atoms with Gasteiger partial charge in [-0.25, -0.2) is 4.98 Å². The lowest BCUT2D eigenvalue weighted by Gasteiger charge is -2.29. The van der Waals surface area contributed by atoms with E-state index in [4.69, 9.17) is 10.00 Å². The number of ether oxygens (including phenoxy) is 1. The molecule has 16 heavy (non-hydrogen) atoms. The molecule has 0 aromatic carbocycles. The first-order valence-electron chi connectivity index (χ1n) is 5.49. The van der Waals surface area contributed by atoms with Crippen molar-refractivity contribution in [1.82, 2.24) is 14.5 Å². The van der Waals surface area contributed by atoms with Crippen molar-refractivity contribution in [2.45, 2.75) is 12.5 Å². The molecule has 1 aromatic rings. The molecule has 1 fully saturated rings. The van der Waals surface area contributed by atoms with Gasteiger partial charge in [0.15, 0.2) is 6.10 Å². The first-order chi connectivity index (χ1) is 7.79. The minimum Gasteiger partial charge on any atom is -0.361 e. The summed E-state index contributed by atoms with van der Waals surface area (Å²) in [5.74, 6) is 1.08. The van der Waals surface area contributed by atoms with E-state index in [9.17, 15) is 0 Å². The summed E-state index contributed by atoms with van der Waals surface area (Å²) in [6, 6.07) is 2.15. The van der Waals surface area contributed by atoms with Gasteiger partial charge in [-0.3, -0.25) is 4.90 Å². The second kappa shape index (κ2) is 5.10. The Morgan fingerprint density at radius 1 is 1.69 bits per heavy atom. The number of nitriles is 1. The second-order valence-electron chi connectivity index (χ2n) is 3.99. The van der Waals surface area contributed by atoms with Crippen LogP contribution in [-0.4, -0.2) is 46.8 Å². The molecule has 2 heterocycles. The van der Waals surface area contributed by atoms with Crippen LogP contribution < -0.4 is 0 Å². The van der Waals surface area contributed by atoms with Gasteiger partial charge >= 0.3 is 0 Å². The van der Waals surface area contributed by atoms with Gasteiger partial charge in [0.05, 0.1) is 12.7 Å². The topological polar surface area (TPSA) is 54.1 Å². The predicted molar refractivity (Wildman–Crippen MR) is 58.7 cm³/mol. The van der Waals surface area contributed by atoms with Crippen molar-refractivity contribution in [2.75, 3.05) is 26.2 Å². The van der Waals surface area contributed by atoms with Crippen LogP contribution in [0.2, 0.25) is 0 Å². The third-order valence-corrected chi connectivity index (χ3v) is 2.87. The first-order valence-corrected chi connectivity index (χ1v) is 5.49. The highest BCUT2D eigenvalue weighted by Crippen LogP contribution is 2.05. The number of aromatic nitrogens is 2. The Morgan fingerprint density at radius 2 is 2.56 bits per heavy atom. The Morgan fingerprint density at radius 3 is 3.25 bits per heavy atom. The molecule has 1 aliphatic heterocycles. The summed E-state index contributed by atoms with van der Waals surface area (Å²) in [5.41, 5.74) is 0. The van der Waals surface area contributed by atoms with Gasteiger partial charge in [0.2, 0.25) is 0 Å². The maximum absolute atomic E-state index is 8.79. The summed E-state index contributed by atoms with van der Waals surface area (Å²) in [5, 5.41) is 8.79. The summed E-state index contributed by atoms with van der Waals surface area (Å²) in [6.07, 6.45) is 4.41. The van der Waals surface area contributed by atoms with Gasteiger partial charge in [-0.05, 0) is 0 Å². The Balaban J connectivity index is 1.82. The molecular formula is C11H16N4O. The van der Waals surface area contributed by atoms with Crippen LogP contribution in [0.4, 0.5) is 0 Å². The normalized spacial score (nSPS) is 21.9. The molecule has 0 saturated carbocycles. The lowest BCUT2D eigenvalue weighted by atomic mass is 10.2. The third kappa shape index (κ3) is 2.60. The maximum atomic E-state index is 8.79. The minimum absolute atomic E-state index is 0.268. The van der Waals surface area contributed by atoms with Crippen molar-refractivity contribution >= 4 is 0 Å². The van der Waals surface area contributed by atoms with Crippen LogP contribution in [0.5, 0.6) is 0 Å². The van der Waals surface area contributed by atoms with Crippen LogP contribution in [0.1, 0.15) is 5.82 Å². The molecular weight excluding hydrogens is 204 g/mol. The van der Waals surface area contributed by atoms with Gasteiger partial charge < -0.3 is 9.30 Å². The van der Waals surface area contributed by atoms with Crippen molar-refractivity contribution in [2.24, 2.45) is 7.05 Å². The minimum atomic E-state index is -0.268. The fourth-order valence-electron chi connectivity index (χ4n) is 1.88. The number of rotatable bonds is 3. The predicted octanol–water partition coefficient (Wildman–Crippen LogP) is 0.187. The van der Waals surface area contributed by atoms with E-state index >= 15 is 0 Å². The highest BCUT2D eigenvalue weighted by atomic mass is 16.5. The standard InChI is InChI=1S/C11H16N4O/c1-14-5-3-13-11(14)2-4-15-6-7-16-10(8-12)9-15/h3,5,10H,2,4,6-7,9H2,1H3. The molecule has 0 radical (unpaired) electrons. The van der Waals surface area contributed by atoms with Gasteiger partial charge in [0.25, 0.3) is 0 Å². The highest BCUT2D eigenvalue weighted by molar-refractivity contribution is 4.93. The first kappa shape index (κ1) is 11.1. The number of imidazole rings is 1. The van der Waals surface area contributed by atoms with Gasteiger partial charge in [-0.2, -0.15) is 5.26 Å². The molecule has 1 unspecified atom stereocenters. The molecule has 5 heteroatoms. The lowest BCUT2D eigenvalue weighted by Crippen LogP contribution is -2.42. The fourth-order valence-corrected chi connectivity index (χ4v) is 1.88. The van der Waals surface area contributed by atoms with E-state index in [0.717, 1.165) is 25.3 Å². The van der Waals surface area contributed by atoms with Crippen LogP contribution in [0.15, 0.2) is 12.4 Å². The van der Waals surface area contributed by atoms with Crippen molar-refractivity contribution < 1.29 is 4.74 Å². The summed E-state index contributed by atoms with van der Waals surface area (Å²) in [4.78, 5) is 6.54. The van der Waals surface area contributed by atoms with Gasteiger partial charge in [0, 0.05) is 45.5 Å². The SMILES string of the molecule is Cn1ccnc1CCN1CCOC(C#N)C1. The number of hydrogen-bond acceptors (Lipinski definition) is 4. The molecule has 1 aliphatic rings. The largest absolute Gasteiger partial charge is 0.361 e. The zero-order valence-electron chi connectivity index (χ0n) is 9.46. The summed E-state index contributed by atoms with van der Waals surface area (Å²) < 4.78 is 7.32. The molecule has 0 amide bonds. The van der Waals surface area contributed by atoms with E-state index in [1.54, 1.807) is 0 Å². The van der Waals surface area contributed by atoms with Crippen LogP contribution >= 0.6 is 0 Å². The Kier molecular flexibility index (Phi) is 3.54. The summed E-state index contributed by atoms with van der Waals surface area (Å²) >= 11 is 0. The number of nitrogens with zero attached hydrogens (tertiary/aromatic N) is 4. The van der Waals surface area contributed by atoms with Crippen LogP contribution in [0.25, 0.3) is 0 Å². The van der Waals surface area contributed by atoms with E-state index < -0.39 is 0 Å². The molecule has 0 aliphatic carbocycles. The quantitative estimate of drug-likeness (QED) is 0.729. The fraction of sp³-hybridized carbons (Fsp3) is 0.636. The zero-order chi connectivity index (χ0) is 11.4. The average molecular weight is 220 g/mol. The molecule has 1 aromatic heterocycles. The van der Waals surface area contributed by atoms with E-state index in [-0.39, 0.29) is 6.10 Å². The van der Waals surface area contributed by atoms with Crippen molar-refractivity contribution in [3.63, 3.8) is 0 Å². The molecule has 1 atom stereocenters. The monoisotopic (exact) mass is 220 g/mol. The molecule has 1 saturated heterocycles. The van der Waals surface area contributed by atoms with Gasteiger partial charge in [0.1, 0.15) is 5.82 Å². The smallest absolute Gasteiger partial charge is 0.156 e. The Hall–Kier alpha value is -1.38. The van der Waals surface area contributed by atoms with Crippen molar-refractivity contribution in [1.29, 1.82) is 5.26 Å². The second-order valence-corrected chi connectivity index (χ2v) is 3.99. The molecule has 0 N–H and O–H groups in total. The summed E-state index contributed by atoms with van der Waals surface area (Å²) in [6.45, 7) is 3.20. The highest BCUT2D eigenvalue weighted by Gasteiger charge is 2.19. The van der Waals surface area contributed by atoms with Crippen LogP contribution in [-0.2, 0) is 18.2 Å². The van der Waals surface area contributed by atoms with E-state index in [2.05, 4.69) is 16.0 Å². The van der Waals surface area contributed by atoms with E-state index in [1.165, 1.54) is 0 Å². The average Bonchev–Trinajstić information content (AvgIpc) is 2.72. The van der Waals surface area contributed by atoms with E-state index in [0.29, 0.717) is 13.2 Å². The third-order valence-electron chi connectivity index (χ3n) is 2.87. The van der Waals surface area contributed by atoms with E-state index in [1.807, 2.05) is 24.0 Å². The Labute approximate surface area is 95.2 Å². The number of morpholine rings is 1.